The van der Waals surface area contributed by atoms with Crippen LogP contribution in [0.1, 0.15) is 39.0 Å². The Hall–Kier alpha value is -2.58. The lowest BCUT2D eigenvalue weighted by molar-refractivity contribution is -0.118. The van der Waals surface area contributed by atoms with Crippen molar-refractivity contribution in [2.24, 2.45) is 0 Å². The molecule has 3 aromatic rings. The molecule has 0 bridgehead atoms. The van der Waals surface area contributed by atoms with Crippen LogP contribution in [-0.2, 0) is 11.2 Å². The Morgan fingerprint density at radius 2 is 1.93 bits per heavy atom. The first-order chi connectivity index (χ1) is 13.2. The van der Waals surface area contributed by atoms with Crippen molar-refractivity contribution >= 4 is 39.6 Å². The van der Waals surface area contributed by atoms with Gasteiger partial charge in [0.05, 0.1) is 4.88 Å². The maximum atomic E-state index is 12.8. The van der Waals surface area contributed by atoms with Crippen LogP contribution >= 0.6 is 22.7 Å². The minimum atomic E-state index is -0.699. The first-order valence-electron chi connectivity index (χ1n) is 8.71. The lowest BCUT2D eigenvalue weighted by Gasteiger charge is -2.17. The molecule has 1 aromatic carbocycles. The molecule has 0 radical (unpaired) electrons. The van der Waals surface area contributed by atoms with E-state index in [0.717, 1.165) is 23.4 Å². The number of anilines is 1. The molecule has 27 heavy (non-hydrogen) atoms. The molecule has 0 saturated heterocycles. The molecule has 2 heterocycles. The highest BCUT2D eigenvalue weighted by molar-refractivity contribution is 7.15. The molecule has 138 valence electrons. The molecule has 4 rings (SSSR count). The number of rotatable bonds is 7. The first-order valence-corrected chi connectivity index (χ1v) is 10.4. The Morgan fingerprint density at radius 1 is 1.11 bits per heavy atom. The van der Waals surface area contributed by atoms with Crippen LogP contribution in [0.15, 0.2) is 47.8 Å². The molecule has 0 spiro atoms. The molecule has 6 nitrogen and oxygen atoms in total. The van der Waals surface area contributed by atoms with Crippen molar-refractivity contribution in [2.75, 3.05) is 5.32 Å². The number of hydrogen-bond acceptors (Lipinski definition) is 6. The van der Waals surface area contributed by atoms with E-state index in [2.05, 4.69) is 20.8 Å². The van der Waals surface area contributed by atoms with E-state index in [4.69, 9.17) is 0 Å². The summed E-state index contributed by atoms with van der Waals surface area (Å²) in [6.07, 6.45) is 2.67. The van der Waals surface area contributed by atoms with Gasteiger partial charge >= 0.3 is 0 Å². The van der Waals surface area contributed by atoms with Crippen LogP contribution in [0.25, 0.3) is 0 Å². The zero-order chi connectivity index (χ0) is 18.6. The van der Waals surface area contributed by atoms with Crippen LogP contribution in [-0.4, -0.2) is 28.1 Å². The molecule has 2 amide bonds. The van der Waals surface area contributed by atoms with E-state index in [1.165, 1.54) is 22.7 Å². The van der Waals surface area contributed by atoms with Gasteiger partial charge in [-0.05, 0) is 29.9 Å². The number of hydrogen-bond donors (Lipinski definition) is 2. The highest BCUT2D eigenvalue weighted by Gasteiger charge is 2.29. The smallest absolute Gasteiger partial charge is 0.262 e. The third kappa shape index (κ3) is 4.58. The van der Waals surface area contributed by atoms with E-state index in [1.807, 2.05) is 41.8 Å². The normalized spacial score (nSPS) is 14.5. The molecule has 1 atom stereocenters. The van der Waals surface area contributed by atoms with Crippen molar-refractivity contribution in [3.05, 3.63) is 63.3 Å². The summed E-state index contributed by atoms with van der Waals surface area (Å²) in [5.74, 6) is -0.0499. The van der Waals surface area contributed by atoms with E-state index in [-0.39, 0.29) is 11.8 Å². The minimum Gasteiger partial charge on any atom is -0.339 e. The monoisotopic (exact) mass is 398 g/mol. The Balaban J connectivity index is 1.48. The van der Waals surface area contributed by atoms with Gasteiger partial charge in [-0.3, -0.25) is 14.9 Å². The van der Waals surface area contributed by atoms with Crippen LogP contribution in [0.4, 0.5) is 5.13 Å². The molecule has 0 unspecified atom stereocenters. The zero-order valence-electron chi connectivity index (χ0n) is 14.4. The number of amides is 2. The average molecular weight is 399 g/mol. The Morgan fingerprint density at radius 3 is 2.63 bits per heavy atom. The van der Waals surface area contributed by atoms with Gasteiger partial charge in [0.1, 0.15) is 11.0 Å². The maximum Gasteiger partial charge on any atom is 0.262 e. The van der Waals surface area contributed by atoms with Gasteiger partial charge in [-0.15, -0.1) is 21.5 Å². The van der Waals surface area contributed by atoms with E-state index in [0.29, 0.717) is 22.3 Å². The third-order valence-corrected chi connectivity index (χ3v) is 6.12. The molecule has 1 aliphatic rings. The molecular weight excluding hydrogens is 380 g/mol. The van der Waals surface area contributed by atoms with Gasteiger partial charge in [-0.2, -0.15) is 0 Å². The standard InChI is InChI=1S/C19H18N4O2S2/c24-16(21-19-23-22-18(27-19)13-8-9-13)14(11-12-5-2-1-3-6-12)20-17(25)15-7-4-10-26-15/h1-7,10,13-14H,8-9,11H2,(H,20,25)(H,21,23,24)/t14-/m0/s1. The van der Waals surface area contributed by atoms with Crippen molar-refractivity contribution < 1.29 is 9.59 Å². The number of carbonyl (C=O) groups is 2. The SMILES string of the molecule is O=C(N[C@@H](Cc1ccccc1)C(=O)Nc1nnc(C2CC2)s1)c1cccs1. The lowest BCUT2D eigenvalue weighted by atomic mass is 10.1. The maximum absolute atomic E-state index is 12.8. The van der Waals surface area contributed by atoms with Crippen molar-refractivity contribution in [3.8, 4) is 0 Å². The fourth-order valence-corrected chi connectivity index (χ4v) is 4.21. The predicted octanol–water partition coefficient (Wildman–Crippen LogP) is 3.46. The van der Waals surface area contributed by atoms with Gasteiger partial charge in [-0.25, -0.2) is 0 Å². The summed E-state index contributed by atoms with van der Waals surface area (Å²) in [6.45, 7) is 0. The van der Waals surface area contributed by atoms with Crippen molar-refractivity contribution in [1.29, 1.82) is 0 Å². The summed E-state index contributed by atoms with van der Waals surface area (Å²) in [4.78, 5) is 25.9. The first kappa shape index (κ1) is 17.8. The van der Waals surface area contributed by atoms with Crippen molar-refractivity contribution in [1.82, 2.24) is 15.5 Å². The highest BCUT2D eigenvalue weighted by Crippen LogP contribution is 2.42. The Bertz CT molecular complexity index is 920. The van der Waals surface area contributed by atoms with E-state index < -0.39 is 6.04 Å². The molecule has 1 aliphatic carbocycles. The summed E-state index contributed by atoms with van der Waals surface area (Å²) in [5, 5.41) is 17.1. The molecule has 0 aliphatic heterocycles. The van der Waals surface area contributed by atoms with Gasteiger partial charge in [-0.1, -0.05) is 47.7 Å². The van der Waals surface area contributed by atoms with Gasteiger partial charge in [0.15, 0.2) is 0 Å². The number of thiophene rings is 1. The fourth-order valence-electron chi connectivity index (χ4n) is 2.67. The zero-order valence-corrected chi connectivity index (χ0v) is 16.1. The predicted molar refractivity (Wildman–Crippen MR) is 106 cm³/mol. The third-order valence-electron chi connectivity index (χ3n) is 4.25. The van der Waals surface area contributed by atoms with Crippen LogP contribution < -0.4 is 10.6 Å². The van der Waals surface area contributed by atoms with E-state index in [9.17, 15) is 9.59 Å². The Kier molecular flexibility index (Phi) is 5.26. The van der Waals surface area contributed by atoms with Crippen LogP contribution in [0.3, 0.4) is 0 Å². The number of benzene rings is 1. The quantitative estimate of drug-likeness (QED) is 0.638. The summed E-state index contributed by atoms with van der Waals surface area (Å²) in [5.41, 5.74) is 0.972. The van der Waals surface area contributed by atoms with Crippen molar-refractivity contribution in [3.63, 3.8) is 0 Å². The van der Waals surface area contributed by atoms with Gasteiger partial charge in [0, 0.05) is 12.3 Å². The molecule has 8 heteroatoms. The summed E-state index contributed by atoms with van der Waals surface area (Å²) in [7, 11) is 0. The number of aromatic nitrogens is 2. The molecule has 2 N–H and O–H groups in total. The fraction of sp³-hybridized carbons (Fsp3) is 0.263. The second-order valence-electron chi connectivity index (χ2n) is 6.40. The van der Waals surface area contributed by atoms with Gasteiger partial charge < -0.3 is 5.32 Å². The Labute approximate surface area is 164 Å². The molecule has 2 aromatic heterocycles. The topological polar surface area (TPSA) is 84.0 Å². The van der Waals surface area contributed by atoms with E-state index in [1.54, 1.807) is 6.07 Å². The number of nitrogens with one attached hydrogen (secondary N) is 2. The van der Waals surface area contributed by atoms with Crippen LogP contribution in [0, 0.1) is 0 Å². The average Bonchev–Trinajstić information content (AvgIpc) is 3.18. The van der Waals surface area contributed by atoms with E-state index >= 15 is 0 Å². The number of nitrogens with zero attached hydrogens (tertiary/aromatic N) is 2. The van der Waals surface area contributed by atoms with Gasteiger partial charge in [0.25, 0.3) is 5.91 Å². The molecule has 1 saturated carbocycles. The molecular formula is C19H18N4O2S2. The summed E-state index contributed by atoms with van der Waals surface area (Å²) in [6, 6.07) is 12.5. The van der Waals surface area contributed by atoms with Crippen molar-refractivity contribution in [2.45, 2.75) is 31.2 Å². The van der Waals surface area contributed by atoms with Gasteiger partial charge in [0.2, 0.25) is 11.0 Å². The van der Waals surface area contributed by atoms with Crippen LogP contribution in [0.5, 0.6) is 0 Å². The second kappa shape index (κ2) is 7.98. The highest BCUT2D eigenvalue weighted by atomic mass is 32.1. The molecule has 1 fully saturated rings. The summed E-state index contributed by atoms with van der Waals surface area (Å²) < 4.78 is 0. The number of carbonyl (C=O) groups excluding carboxylic acids is 2. The van der Waals surface area contributed by atoms with Crippen LogP contribution in [0.2, 0.25) is 0 Å². The largest absolute Gasteiger partial charge is 0.339 e. The lowest BCUT2D eigenvalue weighted by Crippen LogP contribution is -2.45. The summed E-state index contributed by atoms with van der Waals surface area (Å²) >= 11 is 2.75. The second-order valence-corrected chi connectivity index (χ2v) is 8.36. The minimum absolute atomic E-state index is 0.253.